The Morgan fingerprint density at radius 3 is 2.63 bits per heavy atom. The van der Waals surface area contributed by atoms with Gasteiger partial charge in [-0.05, 0) is 29.3 Å². The molecule has 2 aromatic rings. The molecule has 0 saturated heterocycles. The molecule has 1 amide bonds. The molecule has 2 aromatic carbocycles. The summed E-state index contributed by atoms with van der Waals surface area (Å²) in [5, 5.41) is 8.50. The zero-order valence-corrected chi connectivity index (χ0v) is 11.4. The van der Waals surface area contributed by atoms with E-state index in [0.717, 1.165) is 0 Å². The van der Waals surface area contributed by atoms with Crippen LogP contribution in [0.2, 0.25) is 0 Å². The largest absolute Gasteiger partial charge is 0.359 e. The van der Waals surface area contributed by atoms with Gasteiger partial charge in [-0.1, -0.05) is 36.4 Å². The Hall–Kier alpha value is -1.87. The van der Waals surface area contributed by atoms with Crippen LogP contribution in [-0.4, -0.2) is 19.5 Å². The minimum Gasteiger partial charge on any atom is -0.359 e. The zero-order valence-electron chi connectivity index (χ0n) is 11.4. The molecular formula is C16H20N2O. The normalized spacial score (nSPS) is 12.3. The smallest absolute Gasteiger partial charge is 0.221 e. The van der Waals surface area contributed by atoms with Crippen LogP contribution in [0, 0.1) is 0 Å². The fraction of sp³-hybridized carbons (Fsp3) is 0.312. The van der Waals surface area contributed by atoms with E-state index in [4.69, 9.17) is 0 Å². The van der Waals surface area contributed by atoms with Crippen molar-refractivity contribution in [2.24, 2.45) is 0 Å². The SMILES string of the molecule is CNC(=O)CCNC(C)c1ccc2ccccc2c1. The Kier molecular flexibility index (Phi) is 4.53. The van der Waals surface area contributed by atoms with E-state index in [1.807, 2.05) is 6.07 Å². The molecule has 0 aliphatic rings. The van der Waals surface area contributed by atoms with E-state index in [1.54, 1.807) is 7.05 Å². The van der Waals surface area contributed by atoms with Crippen LogP contribution < -0.4 is 10.6 Å². The van der Waals surface area contributed by atoms with E-state index in [2.05, 4.69) is 54.0 Å². The molecule has 0 aliphatic heterocycles. The summed E-state index contributed by atoms with van der Waals surface area (Å²) in [4.78, 5) is 11.2. The summed E-state index contributed by atoms with van der Waals surface area (Å²) in [7, 11) is 1.66. The average Bonchev–Trinajstić information content (AvgIpc) is 2.46. The maximum Gasteiger partial charge on any atom is 0.221 e. The van der Waals surface area contributed by atoms with Gasteiger partial charge < -0.3 is 10.6 Å². The maximum atomic E-state index is 11.2. The summed E-state index contributed by atoms with van der Waals surface area (Å²) >= 11 is 0. The van der Waals surface area contributed by atoms with Gasteiger partial charge in [-0.25, -0.2) is 0 Å². The molecule has 0 heterocycles. The van der Waals surface area contributed by atoms with E-state index in [1.165, 1.54) is 16.3 Å². The molecule has 0 saturated carbocycles. The predicted molar refractivity (Wildman–Crippen MR) is 79.0 cm³/mol. The van der Waals surface area contributed by atoms with Crippen LogP contribution in [-0.2, 0) is 4.79 Å². The minimum atomic E-state index is 0.0678. The molecule has 1 atom stereocenters. The highest BCUT2D eigenvalue weighted by Gasteiger charge is 2.06. The second-order valence-corrected chi connectivity index (χ2v) is 4.71. The van der Waals surface area contributed by atoms with Crippen molar-refractivity contribution in [1.29, 1.82) is 0 Å². The van der Waals surface area contributed by atoms with Gasteiger partial charge in [0, 0.05) is 26.1 Å². The van der Waals surface area contributed by atoms with Gasteiger partial charge in [0.2, 0.25) is 5.91 Å². The quantitative estimate of drug-likeness (QED) is 0.863. The summed E-state index contributed by atoms with van der Waals surface area (Å²) < 4.78 is 0. The third-order valence-electron chi connectivity index (χ3n) is 3.35. The molecule has 2 rings (SSSR count). The first kappa shape index (κ1) is 13.6. The summed E-state index contributed by atoms with van der Waals surface area (Å²) in [5.41, 5.74) is 1.25. The van der Waals surface area contributed by atoms with Crippen molar-refractivity contribution in [2.75, 3.05) is 13.6 Å². The summed E-state index contributed by atoms with van der Waals surface area (Å²) in [6.07, 6.45) is 0.508. The molecule has 2 N–H and O–H groups in total. The number of amides is 1. The van der Waals surface area contributed by atoms with Crippen molar-refractivity contribution < 1.29 is 4.79 Å². The van der Waals surface area contributed by atoms with Crippen molar-refractivity contribution in [1.82, 2.24) is 10.6 Å². The van der Waals surface area contributed by atoms with Gasteiger partial charge in [0.25, 0.3) is 0 Å². The van der Waals surface area contributed by atoms with Crippen molar-refractivity contribution in [3.63, 3.8) is 0 Å². The van der Waals surface area contributed by atoms with Gasteiger partial charge in [-0.3, -0.25) is 4.79 Å². The van der Waals surface area contributed by atoms with E-state index in [9.17, 15) is 4.79 Å². The van der Waals surface area contributed by atoms with Crippen LogP contribution in [0.3, 0.4) is 0 Å². The molecule has 0 bridgehead atoms. The molecule has 3 heteroatoms. The van der Waals surface area contributed by atoms with Gasteiger partial charge >= 0.3 is 0 Å². The lowest BCUT2D eigenvalue weighted by Gasteiger charge is -2.14. The lowest BCUT2D eigenvalue weighted by Crippen LogP contribution is -2.26. The van der Waals surface area contributed by atoms with Crippen LogP contribution >= 0.6 is 0 Å². The number of carbonyl (C=O) groups is 1. The molecule has 100 valence electrons. The predicted octanol–water partition coefficient (Wildman–Crippen LogP) is 2.63. The van der Waals surface area contributed by atoms with Gasteiger partial charge in [0.15, 0.2) is 0 Å². The topological polar surface area (TPSA) is 41.1 Å². The van der Waals surface area contributed by atoms with E-state index in [-0.39, 0.29) is 11.9 Å². The molecule has 1 unspecified atom stereocenters. The molecular weight excluding hydrogens is 236 g/mol. The van der Waals surface area contributed by atoms with Crippen molar-refractivity contribution in [2.45, 2.75) is 19.4 Å². The summed E-state index contributed by atoms with van der Waals surface area (Å²) in [5.74, 6) is 0.0678. The zero-order chi connectivity index (χ0) is 13.7. The summed E-state index contributed by atoms with van der Waals surface area (Å²) in [6.45, 7) is 2.81. The van der Waals surface area contributed by atoms with Gasteiger partial charge in [-0.15, -0.1) is 0 Å². The fourth-order valence-corrected chi connectivity index (χ4v) is 2.12. The molecule has 0 radical (unpaired) electrons. The first-order chi connectivity index (χ1) is 9.20. The second kappa shape index (κ2) is 6.34. The Bertz CT molecular complexity index is 565. The number of fused-ring (bicyclic) bond motifs is 1. The fourth-order valence-electron chi connectivity index (χ4n) is 2.12. The van der Waals surface area contributed by atoms with Gasteiger partial charge in [0.05, 0.1) is 0 Å². The molecule has 0 aromatic heterocycles. The maximum absolute atomic E-state index is 11.2. The van der Waals surface area contributed by atoms with Crippen LogP contribution in [0.1, 0.15) is 24.9 Å². The molecule has 19 heavy (non-hydrogen) atoms. The first-order valence-corrected chi connectivity index (χ1v) is 6.63. The van der Waals surface area contributed by atoms with E-state index in [0.29, 0.717) is 13.0 Å². The number of hydrogen-bond acceptors (Lipinski definition) is 2. The molecule has 3 nitrogen and oxygen atoms in total. The number of benzene rings is 2. The van der Waals surface area contributed by atoms with Gasteiger partial charge in [-0.2, -0.15) is 0 Å². The minimum absolute atomic E-state index is 0.0678. The Balaban J connectivity index is 2.00. The second-order valence-electron chi connectivity index (χ2n) is 4.71. The van der Waals surface area contributed by atoms with Crippen molar-refractivity contribution in [3.8, 4) is 0 Å². The van der Waals surface area contributed by atoms with Crippen LogP contribution in [0.25, 0.3) is 10.8 Å². The molecule has 0 aliphatic carbocycles. The van der Waals surface area contributed by atoms with E-state index < -0.39 is 0 Å². The van der Waals surface area contributed by atoms with Crippen LogP contribution in [0.5, 0.6) is 0 Å². The Morgan fingerprint density at radius 1 is 1.16 bits per heavy atom. The number of rotatable bonds is 5. The lowest BCUT2D eigenvalue weighted by molar-refractivity contribution is -0.120. The first-order valence-electron chi connectivity index (χ1n) is 6.63. The number of nitrogens with one attached hydrogen (secondary N) is 2. The average molecular weight is 256 g/mol. The third-order valence-corrected chi connectivity index (χ3v) is 3.35. The van der Waals surface area contributed by atoms with E-state index >= 15 is 0 Å². The van der Waals surface area contributed by atoms with Crippen LogP contribution in [0.4, 0.5) is 0 Å². The molecule has 0 fully saturated rings. The van der Waals surface area contributed by atoms with Gasteiger partial charge in [0.1, 0.15) is 0 Å². The third kappa shape index (κ3) is 3.55. The monoisotopic (exact) mass is 256 g/mol. The standard InChI is InChI=1S/C16H20N2O/c1-12(18-10-9-16(19)17-2)14-8-7-13-5-3-4-6-15(13)11-14/h3-8,11-12,18H,9-10H2,1-2H3,(H,17,19). The highest BCUT2D eigenvalue weighted by Crippen LogP contribution is 2.20. The highest BCUT2D eigenvalue weighted by molar-refractivity contribution is 5.83. The van der Waals surface area contributed by atoms with Crippen molar-refractivity contribution in [3.05, 3.63) is 48.0 Å². The number of hydrogen-bond donors (Lipinski definition) is 2. The Morgan fingerprint density at radius 2 is 1.89 bits per heavy atom. The van der Waals surface area contributed by atoms with Crippen LogP contribution in [0.15, 0.2) is 42.5 Å². The Labute approximate surface area is 114 Å². The highest BCUT2D eigenvalue weighted by atomic mass is 16.1. The molecule has 0 spiro atoms. The summed E-state index contributed by atoms with van der Waals surface area (Å²) in [6, 6.07) is 15.1. The lowest BCUT2D eigenvalue weighted by atomic mass is 10.0. The van der Waals surface area contributed by atoms with Crippen molar-refractivity contribution >= 4 is 16.7 Å². The number of carbonyl (C=O) groups excluding carboxylic acids is 1.